The number of aromatic nitrogens is 3. The van der Waals surface area contributed by atoms with E-state index in [4.69, 9.17) is 12.2 Å². The molecule has 0 aliphatic carbocycles. The highest BCUT2D eigenvalue weighted by molar-refractivity contribution is 7.71. The summed E-state index contributed by atoms with van der Waals surface area (Å²) in [5.41, 5.74) is 5.92. The second-order valence-corrected chi connectivity index (χ2v) is 6.96. The minimum absolute atomic E-state index is 0.463. The van der Waals surface area contributed by atoms with Crippen molar-refractivity contribution >= 4 is 23.6 Å². The monoisotopic (exact) mass is 365 g/mol. The van der Waals surface area contributed by atoms with Crippen molar-refractivity contribution in [3.05, 3.63) is 53.3 Å². The van der Waals surface area contributed by atoms with Gasteiger partial charge in [-0.1, -0.05) is 24.3 Å². The van der Waals surface area contributed by atoms with Crippen molar-refractivity contribution in [2.75, 3.05) is 38.0 Å². The molecule has 0 unspecified atom stereocenters. The molecule has 0 N–H and O–H groups in total. The van der Waals surface area contributed by atoms with Crippen LogP contribution in [0, 0.1) is 4.77 Å². The first-order valence-corrected chi connectivity index (χ1v) is 8.78. The maximum absolute atomic E-state index is 5.35. The molecular formula is C20H23N5S. The molecule has 26 heavy (non-hydrogen) atoms. The Labute approximate surface area is 159 Å². The molecular weight excluding hydrogens is 342 g/mol. The molecule has 6 heteroatoms. The summed E-state index contributed by atoms with van der Waals surface area (Å²) >= 11 is 5.35. The Morgan fingerprint density at radius 3 is 1.58 bits per heavy atom. The lowest BCUT2D eigenvalue weighted by Gasteiger charge is -2.15. The van der Waals surface area contributed by atoms with Crippen molar-refractivity contribution in [1.29, 1.82) is 0 Å². The zero-order valence-corrected chi connectivity index (χ0v) is 16.6. The summed E-state index contributed by atoms with van der Waals surface area (Å²) in [6, 6.07) is 16.6. The van der Waals surface area contributed by atoms with Crippen molar-refractivity contribution in [3.63, 3.8) is 0 Å². The molecule has 0 atom stereocenters. The SMILES string of the molecule is CN(C)c1ccc(-c2nc(=S)n(C)nc2-c2ccc(N(C)C)cc2)cc1. The van der Waals surface area contributed by atoms with Gasteiger partial charge in [0.25, 0.3) is 0 Å². The van der Waals surface area contributed by atoms with Gasteiger partial charge in [0, 0.05) is 57.7 Å². The van der Waals surface area contributed by atoms with Crippen LogP contribution >= 0.6 is 12.2 Å². The third-order valence-corrected chi connectivity index (χ3v) is 4.63. The lowest BCUT2D eigenvalue weighted by Crippen LogP contribution is -2.09. The highest BCUT2D eigenvalue weighted by atomic mass is 32.1. The second-order valence-electron chi connectivity index (χ2n) is 6.60. The van der Waals surface area contributed by atoms with Gasteiger partial charge in [0.15, 0.2) is 0 Å². The lowest BCUT2D eigenvalue weighted by atomic mass is 10.0. The minimum atomic E-state index is 0.463. The zero-order valence-electron chi connectivity index (χ0n) is 15.8. The minimum Gasteiger partial charge on any atom is -0.378 e. The van der Waals surface area contributed by atoms with Crippen LogP contribution in [-0.4, -0.2) is 43.0 Å². The first-order chi connectivity index (χ1) is 12.4. The lowest BCUT2D eigenvalue weighted by molar-refractivity contribution is 0.704. The van der Waals surface area contributed by atoms with E-state index in [1.54, 1.807) is 4.68 Å². The van der Waals surface area contributed by atoms with Crippen molar-refractivity contribution in [2.24, 2.45) is 7.05 Å². The Hall–Kier alpha value is -2.73. The van der Waals surface area contributed by atoms with E-state index < -0.39 is 0 Å². The van der Waals surface area contributed by atoms with Gasteiger partial charge in [-0.25, -0.2) is 9.67 Å². The van der Waals surface area contributed by atoms with E-state index in [1.807, 2.05) is 35.2 Å². The van der Waals surface area contributed by atoms with E-state index in [-0.39, 0.29) is 0 Å². The van der Waals surface area contributed by atoms with Crippen molar-refractivity contribution in [3.8, 4) is 22.5 Å². The van der Waals surface area contributed by atoms with Crippen LogP contribution in [0.5, 0.6) is 0 Å². The molecule has 5 nitrogen and oxygen atoms in total. The van der Waals surface area contributed by atoms with Gasteiger partial charge in [0.05, 0.1) is 0 Å². The molecule has 3 rings (SSSR count). The van der Waals surface area contributed by atoms with Crippen molar-refractivity contribution in [2.45, 2.75) is 0 Å². The standard InChI is InChI=1S/C20H23N5S/c1-23(2)16-10-6-14(7-11-16)18-19(22-25(5)20(26)21-18)15-8-12-17(13-9-15)24(3)4/h6-13H,1-5H3. The summed E-state index contributed by atoms with van der Waals surface area (Å²) in [7, 11) is 9.93. The maximum Gasteiger partial charge on any atom is 0.216 e. The van der Waals surface area contributed by atoms with E-state index >= 15 is 0 Å². The molecule has 3 aromatic rings. The normalized spacial score (nSPS) is 10.7. The van der Waals surface area contributed by atoms with Crippen LogP contribution in [-0.2, 0) is 7.05 Å². The Morgan fingerprint density at radius 1 is 0.731 bits per heavy atom. The molecule has 0 aliphatic rings. The molecule has 0 saturated heterocycles. The van der Waals surface area contributed by atoms with Gasteiger partial charge in [0.2, 0.25) is 4.77 Å². The van der Waals surface area contributed by atoms with Gasteiger partial charge in [-0.05, 0) is 36.5 Å². The highest BCUT2D eigenvalue weighted by Gasteiger charge is 2.13. The largest absolute Gasteiger partial charge is 0.378 e. The van der Waals surface area contributed by atoms with E-state index in [9.17, 15) is 0 Å². The fraction of sp³-hybridized carbons (Fsp3) is 0.250. The zero-order chi connectivity index (χ0) is 18.8. The molecule has 0 bridgehead atoms. The van der Waals surface area contributed by atoms with Crippen LogP contribution in [0.3, 0.4) is 0 Å². The number of hydrogen-bond donors (Lipinski definition) is 0. The number of hydrogen-bond acceptors (Lipinski definition) is 5. The summed E-state index contributed by atoms with van der Waals surface area (Å²) in [4.78, 5) is 8.78. The summed E-state index contributed by atoms with van der Waals surface area (Å²) < 4.78 is 2.10. The van der Waals surface area contributed by atoms with Gasteiger partial charge in [-0.15, -0.1) is 0 Å². The van der Waals surface area contributed by atoms with Crippen LogP contribution in [0.15, 0.2) is 48.5 Å². The van der Waals surface area contributed by atoms with Gasteiger partial charge in [-0.2, -0.15) is 5.10 Å². The molecule has 134 valence electrons. The van der Waals surface area contributed by atoms with E-state index in [0.29, 0.717) is 4.77 Å². The van der Waals surface area contributed by atoms with Crippen LogP contribution in [0.25, 0.3) is 22.5 Å². The molecule has 0 radical (unpaired) electrons. The average molecular weight is 366 g/mol. The number of nitrogens with zero attached hydrogens (tertiary/aromatic N) is 5. The number of benzene rings is 2. The third-order valence-electron chi connectivity index (χ3n) is 4.27. The highest BCUT2D eigenvalue weighted by Crippen LogP contribution is 2.30. The van der Waals surface area contributed by atoms with Crippen molar-refractivity contribution in [1.82, 2.24) is 14.8 Å². The van der Waals surface area contributed by atoms with E-state index in [0.717, 1.165) is 33.9 Å². The number of anilines is 2. The number of rotatable bonds is 4. The molecule has 0 fully saturated rings. The van der Waals surface area contributed by atoms with Gasteiger partial charge in [0.1, 0.15) is 11.4 Å². The van der Waals surface area contributed by atoms with Crippen molar-refractivity contribution < 1.29 is 0 Å². The summed E-state index contributed by atoms with van der Waals surface area (Å²) in [5.74, 6) is 0. The van der Waals surface area contributed by atoms with E-state index in [1.165, 1.54) is 0 Å². The molecule has 0 saturated carbocycles. The summed E-state index contributed by atoms with van der Waals surface area (Å²) in [6.07, 6.45) is 0. The average Bonchev–Trinajstić information content (AvgIpc) is 2.63. The Kier molecular flexibility index (Phi) is 5.04. The molecule has 1 aromatic heterocycles. The van der Waals surface area contributed by atoms with Crippen LogP contribution < -0.4 is 9.80 Å². The second kappa shape index (κ2) is 7.25. The van der Waals surface area contributed by atoms with Gasteiger partial charge in [-0.3, -0.25) is 0 Å². The maximum atomic E-state index is 5.35. The molecule has 0 aliphatic heterocycles. The molecule has 0 amide bonds. The molecule has 0 spiro atoms. The van der Waals surface area contributed by atoms with Crippen LogP contribution in [0.2, 0.25) is 0 Å². The van der Waals surface area contributed by atoms with Crippen LogP contribution in [0.4, 0.5) is 11.4 Å². The predicted octanol–water partition coefficient (Wildman–Crippen LogP) is 4.01. The van der Waals surface area contributed by atoms with Gasteiger partial charge < -0.3 is 9.80 Å². The summed E-state index contributed by atoms with van der Waals surface area (Å²) in [6.45, 7) is 0. The quantitative estimate of drug-likeness (QED) is 0.653. The third kappa shape index (κ3) is 3.60. The fourth-order valence-corrected chi connectivity index (χ4v) is 2.82. The first kappa shape index (κ1) is 18.1. The molecule has 1 heterocycles. The summed E-state index contributed by atoms with van der Waals surface area (Å²) in [5, 5.41) is 4.68. The Balaban J connectivity index is 2.13. The fourth-order valence-electron chi connectivity index (χ4n) is 2.69. The smallest absolute Gasteiger partial charge is 0.216 e. The molecule has 2 aromatic carbocycles. The predicted molar refractivity (Wildman–Crippen MR) is 111 cm³/mol. The number of aryl methyl sites for hydroxylation is 1. The van der Waals surface area contributed by atoms with E-state index in [2.05, 4.69) is 68.4 Å². The Morgan fingerprint density at radius 2 is 1.15 bits per heavy atom. The Bertz CT molecular complexity index is 957. The van der Waals surface area contributed by atoms with Crippen LogP contribution in [0.1, 0.15) is 0 Å². The first-order valence-electron chi connectivity index (χ1n) is 8.37. The topological polar surface area (TPSA) is 37.2 Å². The van der Waals surface area contributed by atoms with Gasteiger partial charge >= 0.3 is 0 Å².